The summed E-state index contributed by atoms with van der Waals surface area (Å²) < 4.78 is 38.1. The Morgan fingerprint density at radius 1 is 1.50 bits per heavy atom. The molecule has 1 aliphatic rings. The number of aromatic carboxylic acids is 1. The quantitative estimate of drug-likeness (QED) is 0.888. The summed E-state index contributed by atoms with van der Waals surface area (Å²) in [6.45, 7) is 3.80. The molecule has 1 fully saturated rings. The van der Waals surface area contributed by atoms with E-state index in [-0.39, 0.29) is 17.2 Å². The Bertz CT molecular complexity index is 512. The number of carboxylic acid groups (broad SMARTS) is 1. The van der Waals surface area contributed by atoms with Crippen LogP contribution < -0.4 is 0 Å². The summed E-state index contributed by atoms with van der Waals surface area (Å²) in [5, 5.41) is 8.70. The molecule has 1 atom stereocenters. The first kappa shape index (κ1) is 12.8. The van der Waals surface area contributed by atoms with Crippen LogP contribution in [0.2, 0.25) is 0 Å². The van der Waals surface area contributed by atoms with Crippen molar-refractivity contribution >= 4 is 5.97 Å². The van der Waals surface area contributed by atoms with Crippen LogP contribution in [0, 0.1) is 5.41 Å². The van der Waals surface area contributed by atoms with E-state index in [1.54, 1.807) is 0 Å². The van der Waals surface area contributed by atoms with E-state index in [9.17, 15) is 18.0 Å². The molecule has 1 aromatic heterocycles. The van der Waals surface area contributed by atoms with Gasteiger partial charge in [0.15, 0.2) is 5.69 Å². The van der Waals surface area contributed by atoms with Crippen molar-refractivity contribution in [1.29, 1.82) is 0 Å². The summed E-state index contributed by atoms with van der Waals surface area (Å²) in [5.41, 5.74) is -2.40. The lowest BCUT2D eigenvalue weighted by Gasteiger charge is -2.10. The van der Waals surface area contributed by atoms with Crippen LogP contribution in [-0.2, 0) is 6.18 Å². The standard InChI is InChI=1S/C11H11F3N2O2/c1-10(2)3-6(10)8-15-4-5(9(17)18)7(16-8)11(12,13)14/h4,6H,3H2,1-2H3,(H,17,18). The maximum Gasteiger partial charge on any atom is 0.434 e. The Hall–Kier alpha value is -1.66. The summed E-state index contributed by atoms with van der Waals surface area (Å²) in [6.07, 6.45) is -3.34. The number of aromatic nitrogens is 2. The number of alkyl halides is 3. The highest BCUT2D eigenvalue weighted by Crippen LogP contribution is 2.57. The van der Waals surface area contributed by atoms with E-state index in [2.05, 4.69) is 9.97 Å². The molecule has 1 unspecified atom stereocenters. The van der Waals surface area contributed by atoms with Crippen LogP contribution in [0.3, 0.4) is 0 Å². The molecule has 0 radical (unpaired) electrons. The molecule has 2 rings (SSSR count). The van der Waals surface area contributed by atoms with E-state index in [1.165, 1.54) is 0 Å². The molecule has 0 amide bonds. The number of carboxylic acids is 1. The number of hydrogen-bond acceptors (Lipinski definition) is 3. The largest absolute Gasteiger partial charge is 0.478 e. The van der Waals surface area contributed by atoms with Gasteiger partial charge in [0.05, 0.1) is 0 Å². The first-order valence-electron chi connectivity index (χ1n) is 5.30. The second kappa shape index (κ2) is 3.66. The van der Waals surface area contributed by atoms with Gasteiger partial charge in [0, 0.05) is 12.1 Å². The van der Waals surface area contributed by atoms with Crippen molar-refractivity contribution < 1.29 is 23.1 Å². The fraction of sp³-hybridized carbons (Fsp3) is 0.545. The summed E-state index contributed by atoms with van der Waals surface area (Å²) in [6, 6.07) is 0. The topological polar surface area (TPSA) is 63.1 Å². The third-order valence-electron chi connectivity index (χ3n) is 3.13. The average molecular weight is 260 g/mol. The van der Waals surface area contributed by atoms with Crippen molar-refractivity contribution in [3.05, 3.63) is 23.3 Å². The minimum Gasteiger partial charge on any atom is -0.478 e. The van der Waals surface area contributed by atoms with Crippen LogP contribution in [0.15, 0.2) is 6.20 Å². The van der Waals surface area contributed by atoms with Gasteiger partial charge in [-0.25, -0.2) is 14.8 Å². The fourth-order valence-corrected chi connectivity index (χ4v) is 1.84. The van der Waals surface area contributed by atoms with E-state index in [4.69, 9.17) is 5.11 Å². The second-order valence-corrected chi connectivity index (χ2v) is 5.04. The molecular weight excluding hydrogens is 249 g/mol. The van der Waals surface area contributed by atoms with Crippen molar-refractivity contribution in [1.82, 2.24) is 9.97 Å². The SMILES string of the molecule is CC1(C)CC1c1ncc(C(=O)O)c(C(F)(F)F)n1. The molecule has 7 heteroatoms. The molecule has 1 aliphatic carbocycles. The van der Waals surface area contributed by atoms with Crippen molar-refractivity contribution in [3.8, 4) is 0 Å². The molecule has 1 aromatic rings. The van der Waals surface area contributed by atoms with Crippen LogP contribution >= 0.6 is 0 Å². The second-order valence-electron chi connectivity index (χ2n) is 5.04. The van der Waals surface area contributed by atoms with Gasteiger partial charge >= 0.3 is 12.1 Å². The lowest BCUT2D eigenvalue weighted by Crippen LogP contribution is -2.17. The molecule has 0 bridgehead atoms. The molecule has 0 spiro atoms. The van der Waals surface area contributed by atoms with Crippen LogP contribution in [0.5, 0.6) is 0 Å². The van der Waals surface area contributed by atoms with Gasteiger partial charge in [-0.3, -0.25) is 0 Å². The zero-order valence-electron chi connectivity index (χ0n) is 9.75. The van der Waals surface area contributed by atoms with Crippen molar-refractivity contribution in [2.45, 2.75) is 32.4 Å². The molecule has 1 heterocycles. The Balaban J connectivity index is 2.47. The first-order chi connectivity index (χ1) is 8.13. The highest BCUT2D eigenvalue weighted by molar-refractivity contribution is 5.88. The Morgan fingerprint density at radius 3 is 2.44 bits per heavy atom. The molecule has 4 nitrogen and oxygen atoms in total. The normalized spacial score (nSPS) is 21.7. The molecule has 1 N–H and O–H groups in total. The molecule has 0 aromatic carbocycles. The van der Waals surface area contributed by atoms with Gasteiger partial charge in [-0.1, -0.05) is 13.8 Å². The predicted molar refractivity (Wildman–Crippen MR) is 55.1 cm³/mol. The molecule has 0 aliphatic heterocycles. The van der Waals surface area contributed by atoms with Gasteiger partial charge < -0.3 is 5.11 Å². The van der Waals surface area contributed by atoms with Crippen LogP contribution in [-0.4, -0.2) is 21.0 Å². The smallest absolute Gasteiger partial charge is 0.434 e. The molecule has 1 saturated carbocycles. The summed E-state index contributed by atoms with van der Waals surface area (Å²) in [7, 11) is 0. The highest BCUT2D eigenvalue weighted by atomic mass is 19.4. The van der Waals surface area contributed by atoms with Gasteiger partial charge in [-0.15, -0.1) is 0 Å². The highest BCUT2D eigenvalue weighted by Gasteiger charge is 2.49. The summed E-state index contributed by atoms with van der Waals surface area (Å²) in [4.78, 5) is 17.9. The van der Waals surface area contributed by atoms with Crippen molar-refractivity contribution in [2.75, 3.05) is 0 Å². The van der Waals surface area contributed by atoms with Gasteiger partial charge in [0.2, 0.25) is 0 Å². The summed E-state index contributed by atoms with van der Waals surface area (Å²) >= 11 is 0. The monoisotopic (exact) mass is 260 g/mol. The Kier molecular flexibility index (Phi) is 2.60. The summed E-state index contributed by atoms with van der Waals surface area (Å²) in [5.74, 6) is -1.75. The van der Waals surface area contributed by atoms with Gasteiger partial charge in [0.25, 0.3) is 0 Å². The van der Waals surface area contributed by atoms with E-state index in [0.29, 0.717) is 6.42 Å². The Morgan fingerprint density at radius 2 is 2.06 bits per heavy atom. The van der Waals surface area contributed by atoms with Gasteiger partial charge in [-0.05, 0) is 11.8 Å². The first-order valence-corrected chi connectivity index (χ1v) is 5.30. The third-order valence-corrected chi connectivity index (χ3v) is 3.13. The van der Waals surface area contributed by atoms with Crippen LogP contribution in [0.25, 0.3) is 0 Å². The molecular formula is C11H11F3N2O2. The third kappa shape index (κ3) is 2.16. The van der Waals surface area contributed by atoms with E-state index in [1.807, 2.05) is 13.8 Å². The number of nitrogens with zero attached hydrogens (tertiary/aromatic N) is 2. The fourth-order valence-electron chi connectivity index (χ4n) is 1.84. The molecule has 0 saturated heterocycles. The molecule has 98 valence electrons. The van der Waals surface area contributed by atoms with Crippen molar-refractivity contribution in [3.63, 3.8) is 0 Å². The minimum atomic E-state index is -4.79. The van der Waals surface area contributed by atoms with Crippen LogP contribution in [0.1, 0.15) is 48.1 Å². The zero-order chi connectivity index (χ0) is 13.7. The predicted octanol–water partition coefficient (Wildman–Crippen LogP) is 2.71. The van der Waals surface area contributed by atoms with E-state index >= 15 is 0 Å². The van der Waals surface area contributed by atoms with E-state index in [0.717, 1.165) is 6.20 Å². The maximum atomic E-state index is 12.7. The molecule has 18 heavy (non-hydrogen) atoms. The maximum absolute atomic E-state index is 12.7. The van der Waals surface area contributed by atoms with Crippen molar-refractivity contribution in [2.24, 2.45) is 5.41 Å². The lowest BCUT2D eigenvalue weighted by atomic mass is 10.1. The zero-order valence-corrected chi connectivity index (χ0v) is 9.75. The number of carbonyl (C=O) groups is 1. The van der Waals surface area contributed by atoms with Crippen LogP contribution in [0.4, 0.5) is 13.2 Å². The van der Waals surface area contributed by atoms with Gasteiger partial charge in [0.1, 0.15) is 11.4 Å². The number of hydrogen-bond donors (Lipinski definition) is 1. The Labute approximate surface area is 101 Å². The number of rotatable bonds is 2. The van der Waals surface area contributed by atoms with Gasteiger partial charge in [-0.2, -0.15) is 13.2 Å². The minimum absolute atomic E-state index is 0.0670. The number of halogens is 3. The lowest BCUT2D eigenvalue weighted by molar-refractivity contribution is -0.141. The van der Waals surface area contributed by atoms with E-state index < -0.39 is 23.4 Å². The average Bonchev–Trinajstić information content (AvgIpc) is 2.85.